The average molecular weight is 369 g/mol. The number of thioether (sulfide) groups is 1. The van der Waals surface area contributed by atoms with Crippen molar-refractivity contribution in [3.8, 4) is 11.5 Å². The van der Waals surface area contributed by atoms with E-state index in [2.05, 4.69) is 24.1 Å². The van der Waals surface area contributed by atoms with Gasteiger partial charge in [0, 0.05) is 13.1 Å². The third kappa shape index (κ3) is 5.01. The first-order valence-electron chi connectivity index (χ1n) is 8.15. The summed E-state index contributed by atoms with van der Waals surface area (Å²) >= 11 is 6.75. The quantitative estimate of drug-likeness (QED) is 0.779. The molecule has 1 amide bonds. The largest absolute Gasteiger partial charge is 0.486 e. The van der Waals surface area contributed by atoms with E-state index in [1.807, 2.05) is 25.1 Å². The van der Waals surface area contributed by atoms with Gasteiger partial charge >= 0.3 is 0 Å². The van der Waals surface area contributed by atoms with E-state index in [1.54, 1.807) is 0 Å². The van der Waals surface area contributed by atoms with Crippen molar-refractivity contribution in [3.05, 3.63) is 23.8 Å². The molecule has 0 aromatic heterocycles. The van der Waals surface area contributed by atoms with Gasteiger partial charge in [-0.05, 0) is 38.5 Å². The normalized spacial score (nSPS) is 14.0. The van der Waals surface area contributed by atoms with Gasteiger partial charge in [-0.2, -0.15) is 0 Å². The van der Waals surface area contributed by atoms with Crippen molar-refractivity contribution >= 4 is 34.2 Å². The molecule has 5 nitrogen and oxygen atoms in total. The Hall–Kier alpha value is -1.47. The number of thiocarbonyl (C=S) groups is 1. The number of benzene rings is 1. The second-order valence-electron chi connectivity index (χ2n) is 5.42. The standard InChI is InChI=1S/C17H24N2O3S2/c1-4-19(5-2)17(23)24-11-16(20)18-12(3)13-6-7-14-15(10-13)22-9-8-21-14/h6-7,10,12H,4-5,8-9,11H2,1-3H3,(H,18,20)/t12-/m0/s1. The lowest BCUT2D eigenvalue weighted by Crippen LogP contribution is -2.31. The van der Waals surface area contributed by atoms with Crippen molar-refractivity contribution < 1.29 is 14.3 Å². The minimum absolute atomic E-state index is 0.0307. The highest BCUT2D eigenvalue weighted by Crippen LogP contribution is 2.32. The molecule has 0 saturated carbocycles. The first kappa shape index (κ1) is 18.9. The molecule has 1 aromatic carbocycles. The summed E-state index contributed by atoms with van der Waals surface area (Å²) in [5, 5.41) is 3.00. The Kier molecular flexibility index (Phi) is 7.17. The van der Waals surface area contributed by atoms with Gasteiger partial charge in [0.05, 0.1) is 11.8 Å². The minimum Gasteiger partial charge on any atom is -0.486 e. The van der Waals surface area contributed by atoms with E-state index < -0.39 is 0 Å². The highest BCUT2D eigenvalue weighted by molar-refractivity contribution is 8.23. The lowest BCUT2D eigenvalue weighted by atomic mass is 10.1. The van der Waals surface area contributed by atoms with Crippen molar-refractivity contribution in [2.45, 2.75) is 26.8 Å². The molecule has 0 radical (unpaired) electrons. The molecular weight excluding hydrogens is 344 g/mol. The molecule has 0 saturated heterocycles. The maximum absolute atomic E-state index is 12.2. The minimum atomic E-state index is -0.101. The zero-order valence-corrected chi connectivity index (χ0v) is 16.0. The molecule has 0 spiro atoms. The molecule has 0 bridgehead atoms. The van der Waals surface area contributed by atoms with Gasteiger partial charge in [0.15, 0.2) is 11.5 Å². The molecule has 24 heavy (non-hydrogen) atoms. The van der Waals surface area contributed by atoms with Crippen LogP contribution in [0, 0.1) is 0 Å². The van der Waals surface area contributed by atoms with Crippen LogP contribution in [-0.2, 0) is 4.79 Å². The molecule has 1 aliphatic heterocycles. The van der Waals surface area contributed by atoms with Crippen molar-refractivity contribution in [3.63, 3.8) is 0 Å². The van der Waals surface area contributed by atoms with Gasteiger partial charge in [-0.3, -0.25) is 4.79 Å². The van der Waals surface area contributed by atoms with Crippen LogP contribution in [0.3, 0.4) is 0 Å². The highest BCUT2D eigenvalue weighted by Gasteiger charge is 2.16. The predicted octanol–water partition coefficient (Wildman–Crippen LogP) is 2.99. The molecule has 2 rings (SSSR count). The summed E-state index contributed by atoms with van der Waals surface area (Å²) in [5.74, 6) is 1.78. The number of hydrogen-bond donors (Lipinski definition) is 1. The maximum atomic E-state index is 12.2. The van der Waals surface area contributed by atoms with Crippen LogP contribution >= 0.6 is 24.0 Å². The SMILES string of the molecule is CCN(CC)C(=S)SCC(=O)N[C@@H](C)c1ccc2c(c1)OCCO2. The van der Waals surface area contributed by atoms with E-state index >= 15 is 0 Å². The second kappa shape index (κ2) is 9.13. The van der Waals surface area contributed by atoms with Crippen molar-refractivity contribution in [2.75, 3.05) is 32.1 Å². The highest BCUT2D eigenvalue weighted by atomic mass is 32.2. The third-order valence-electron chi connectivity index (χ3n) is 3.79. The molecule has 1 N–H and O–H groups in total. The fourth-order valence-corrected chi connectivity index (χ4v) is 3.61. The van der Waals surface area contributed by atoms with Crippen molar-refractivity contribution in [1.82, 2.24) is 10.2 Å². The van der Waals surface area contributed by atoms with E-state index in [4.69, 9.17) is 21.7 Å². The van der Waals surface area contributed by atoms with E-state index in [-0.39, 0.29) is 11.9 Å². The summed E-state index contributed by atoms with van der Waals surface area (Å²) < 4.78 is 11.9. The Morgan fingerprint density at radius 2 is 1.96 bits per heavy atom. The Balaban J connectivity index is 1.86. The van der Waals surface area contributed by atoms with E-state index in [9.17, 15) is 4.79 Å². The molecule has 1 atom stereocenters. The molecule has 0 aliphatic carbocycles. The first-order valence-corrected chi connectivity index (χ1v) is 9.55. The van der Waals surface area contributed by atoms with Crippen LogP contribution in [0.5, 0.6) is 11.5 Å². The van der Waals surface area contributed by atoms with Gasteiger partial charge < -0.3 is 19.7 Å². The summed E-state index contributed by atoms with van der Waals surface area (Å²) in [6, 6.07) is 5.66. The number of ether oxygens (including phenoxy) is 2. The Labute approximate surface area is 153 Å². The summed E-state index contributed by atoms with van der Waals surface area (Å²) in [5.41, 5.74) is 0.990. The summed E-state index contributed by atoms with van der Waals surface area (Å²) in [6.45, 7) is 8.91. The van der Waals surface area contributed by atoms with Crippen LogP contribution in [0.2, 0.25) is 0 Å². The number of nitrogens with zero attached hydrogens (tertiary/aromatic N) is 1. The lowest BCUT2D eigenvalue weighted by Gasteiger charge is -2.22. The Bertz CT molecular complexity index is 591. The van der Waals surface area contributed by atoms with Gasteiger partial charge in [-0.25, -0.2) is 0 Å². The molecular formula is C17H24N2O3S2. The Morgan fingerprint density at radius 1 is 1.29 bits per heavy atom. The van der Waals surface area contributed by atoms with Gasteiger partial charge in [0.2, 0.25) is 5.91 Å². The Morgan fingerprint density at radius 3 is 2.62 bits per heavy atom. The molecule has 7 heteroatoms. The van der Waals surface area contributed by atoms with E-state index in [0.29, 0.717) is 19.0 Å². The van der Waals surface area contributed by atoms with E-state index in [1.165, 1.54) is 11.8 Å². The monoisotopic (exact) mass is 368 g/mol. The number of nitrogens with one attached hydrogen (secondary N) is 1. The van der Waals surface area contributed by atoms with Crippen LogP contribution in [-0.4, -0.2) is 47.2 Å². The van der Waals surface area contributed by atoms with Crippen LogP contribution < -0.4 is 14.8 Å². The number of rotatable bonds is 6. The summed E-state index contributed by atoms with van der Waals surface area (Å²) in [6.07, 6.45) is 0. The van der Waals surface area contributed by atoms with Gasteiger partial charge in [0.25, 0.3) is 0 Å². The van der Waals surface area contributed by atoms with E-state index in [0.717, 1.165) is 34.5 Å². The smallest absolute Gasteiger partial charge is 0.230 e. The van der Waals surface area contributed by atoms with Gasteiger partial charge in [-0.15, -0.1) is 0 Å². The maximum Gasteiger partial charge on any atom is 0.230 e. The molecule has 1 heterocycles. The fourth-order valence-electron chi connectivity index (χ4n) is 2.40. The topological polar surface area (TPSA) is 50.8 Å². The van der Waals surface area contributed by atoms with Gasteiger partial charge in [-0.1, -0.05) is 30.0 Å². The second-order valence-corrected chi connectivity index (χ2v) is 7.03. The number of amides is 1. The third-order valence-corrected chi connectivity index (χ3v) is 5.32. The molecule has 132 valence electrons. The predicted molar refractivity (Wildman–Crippen MR) is 102 cm³/mol. The van der Waals surface area contributed by atoms with Crippen LogP contribution in [0.15, 0.2) is 18.2 Å². The number of carbonyl (C=O) groups is 1. The number of fused-ring (bicyclic) bond motifs is 1. The van der Waals surface area contributed by atoms with Crippen molar-refractivity contribution in [2.24, 2.45) is 0 Å². The number of hydrogen-bond acceptors (Lipinski definition) is 5. The first-order chi connectivity index (χ1) is 11.5. The molecule has 0 unspecified atom stereocenters. The average Bonchev–Trinajstić information content (AvgIpc) is 2.60. The molecule has 1 aliphatic rings. The van der Waals surface area contributed by atoms with Crippen molar-refractivity contribution in [1.29, 1.82) is 0 Å². The lowest BCUT2D eigenvalue weighted by molar-refractivity contribution is -0.119. The van der Waals surface area contributed by atoms with Crippen LogP contribution in [0.4, 0.5) is 0 Å². The molecule has 1 aromatic rings. The number of carbonyl (C=O) groups excluding carboxylic acids is 1. The zero-order valence-electron chi connectivity index (χ0n) is 14.3. The summed E-state index contributed by atoms with van der Waals surface area (Å²) in [7, 11) is 0. The van der Waals surface area contributed by atoms with Crippen LogP contribution in [0.1, 0.15) is 32.4 Å². The zero-order chi connectivity index (χ0) is 17.5. The van der Waals surface area contributed by atoms with Gasteiger partial charge in [0.1, 0.15) is 17.5 Å². The molecule has 0 fully saturated rings. The summed E-state index contributed by atoms with van der Waals surface area (Å²) in [4.78, 5) is 14.2. The van der Waals surface area contributed by atoms with Crippen LogP contribution in [0.25, 0.3) is 0 Å². The fraction of sp³-hybridized carbons (Fsp3) is 0.529.